The number of nitrogens with one attached hydrogen (secondary N) is 2. The van der Waals surface area contributed by atoms with E-state index in [-0.39, 0.29) is 5.56 Å². The van der Waals surface area contributed by atoms with Gasteiger partial charge in [-0.25, -0.2) is 15.4 Å². The van der Waals surface area contributed by atoms with Crippen molar-refractivity contribution in [1.82, 2.24) is 20.4 Å². The summed E-state index contributed by atoms with van der Waals surface area (Å²) < 4.78 is 0. The van der Waals surface area contributed by atoms with Crippen LogP contribution in [-0.2, 0) is 13.0 Å². The lowest BCUT2D eigenvalue weighted by atomic mass is 10.0. The minimum absolute atomic E-state index is 0.219. The van der Waals surface area contributed by atoms with Crippen LogP contribution in [0.3, 0.4) is 0 Å². The molecular formula is C20H17N5O2S. The first-order chi connectivity index (χ1) is 13.7. The molecule has 1 amide bonds. The number of aromatic nitrogens is 3. The molecular weight excluding hydrogens is 374 g/mol. The highest BCUT2D eigenvalue weighted by molar-refractivity contribution is 7.13. The normalized spacial score (nSPS) is 13.5. The first-order valence-corrected chi connectivity index (χ1v) is 9.79. The summed E-state index contributed by atoms with van der Waals surface area (Å²) in [6, 6.07) is 10.7. The zero-order chi connectivity index (χ0) is 19.1. The summed E-state index contributed by atoms with van der Waals surface area (Å²) in [6.07, 6.45) is 3.72. The first-order valence-electron chi connectivity index (χ1n) is 8.92. The maximum atomic E-state index is 11.4. The molecule has 0 spiro atoms. The van der Waals surface area contributed by atoms with Crippen molar-refractivity contribution in [3.63, 3.8) is 0 Å². The summed E-state index contributed by atoms with van der Waals surface area (Å²) >= 11 is 1.74. The molecule has 3 aromatic heterocycles. The highest BCUT2D eigenvalue weighted by Gasteiger charge is 2.23. The predicted molar refractivity (Wildman–Crippen MR) is 108 cm³/mol. The van der Waals surface area contributed by atoms with E-state index < -0.39 is 5.91 Å². The second-order valence-electron chi connectivity index (χ2n) is 6.70. The highest BCUT2D eigenvalue weighted by Crippen LogP contribution is 2.33. The largest absolute Gasteiger partial charge is 0.358 e. The zero-order valence-corrected chi connectivity index (χ0v) is 15.7. The number of hydrogen-bond acceptors (Lipinski definition) is 6. The van der Waals surface area contributed by atoms with Gasteiger partial charge in [-0.3, -0.25) is 10.0 Å². The second kappa shape index (κ2) is 6.74. The van der Waals surface area contributed by atoms with Crippen molar-refractivity contribution in [1.29, 1.82) is 0 Å². The van der Waals surface area contributed by atoms with E-state index in [1.54, 1.807) is 16.8 Å². The van der Waals surface area contributed by atoms with Crippen LogP contribution in [0.25, 0.3) is 21.3 Å². The van der Waals surface area contributed by atoms with E-state index in [1.165, 1.54) is 39.5 Å². The third-order valence-corrected chi connectivity index (χ3v) is 5.98. The Morgan fingerprint density at radius 2 is 2.11 bits per heavy atom. The molecule has 8 heteroatoms. The summed E-state index contributed by atoms with van der Waals surface area (Å²) in [5.74, 6) is -0.0471. The number of hydroxylamine groups is 1. The van der Waals surface area contributed by atoms with Gasteiger partial charge in [0.25, 0.3) is 5.91 Å². The fourth-order valence-electron chi connectivity index (χ4n) is 3.65. The van der Waals surface area contributed by atoms with E-state index in [4.69, 9.17) is 5.21 Å². The van der Waals surface area contributed by atoms with Crippen LogP contribution in [-0.4, -0.2) is 32.6 Å². The van der Waals surface area contributed by atoms with E-state index in [2.05, 4.69) is 55.6 Å². The van der Waals surface area contributed by atoms with E-state index in [9.17, 15) is 4.79 Å². The quantitative estimate of drug-likeness (QED) is 0.368. The lowest BCUT2D eigenvalue weighted by molar-refractivity contribution is 0.0705. The molecule has 28 heavy (non-hydrogen) atoms. The van der Waals surface area contributed by atoms with Crippen LogP contribution in [0.15, 0.2) is 48.1 Å². The van der Waals surface area contributed by atoms with Crippen molar-refractivity contribution in [2.24, 2.45) is 0 Å². The zero-order valence-electron chi connectivity index (χ0n) is 14.8. The van der Waals surface area contributed by atoms with Gasteiger partial charge < -0.3 is 9.88 Å². The SMILES string of the molecule is O=C(NO)c1cnc(N2CCc3[nH]c4ccc(-c5cccs5)cc4c3C2)nc1. The highest BCUT2D eigenvalue weighted by atomic mass is 32.1. The average molecular weight is 391 g/mol. The number of benzene rings is 1. The van der Waals surface area contributed by atoms with Crippen LogP contribution in [0.1, 0.15) is 21.6 Å². The van der Waals surface area contributed by atoms with Crippen LogP contribution in [0.5, 0.6) is 0 Å². The third-order valence-electron chi connectivity index (χ3n) is 5.07. The van der Waals surface area contributed by atoms with Gasteiger partial charge in [0.2, 0.25) is 5.95 Å². The lowest BCUT2D eigenvalue weighted by Crippen LogP contribution is -2.31. The van der Waals surface area contributed by atoms with Gasteiger partial charge in [-0.1, -0.05) is 12.1 Å². The van der Waals surface area contributed by atoms with Gasteiger partial charge in [-0.2, -0.15) is 0 Å². The Morgan fingerprint density at radius 1 is 1.25 bits per heavy atom. The van der Waals surface area contributed by atoms with Crippen LogP contribution in [0.2, 0.25) is 0 Å². The summed E-state index contributed by atoms with van der Waals surface area (Å²) in [4.78, 5) is 27.0. The number of amides is 1. The molecule has 0 aliphatic carbocycles. The molecule has 0 saturated heterocycles. The van der Waals surface area contributed by atoms with Crippen molar-refractivity contribution >= 4 is 34.1 Å². The van der Waals surface area contributed by atoms with Gasteiger partial charge in [-0.05, 0) is 29.1 Å². The van der Waals surface area contributed by atoms with Crippen molar-refractivity contribution in [2.75, 3.05) is 11.4 Å². The van der Waals surface area contributed by atoms with Gasteiger partial charge in [-0.15, -0.1) is 11.3 Å². The summed E-state index contributed by atoms with van der Waals surface area (Å²) in [5.41, 5.74) is 6.69. The van der Waals surface area contributed by atoms with Crippen molar-refractivity contribution in [2.45, 2.75) is 13.0 Å². The first kappa shape index (κ1) is 16.9. The Bertz CT molecular complexity index is 1150. The van der Waals surface area contributed by atoms with E-state index in [0.717, 1.165) is 18.5 Å². The molecule has 0 saturated carbocycles. The van der Waals surface area contributed by atoms with E-state index >= 15 is 0 Å². The van der Waals surface area contributed by atoms with Crippen LogP contribution >= 0.6 is 11.3 Å². The molecule has 1 aliphatic heterocycles. The molecule has 0 bridgehead atoms. The molecule has 140 valence electrons. The number of thiophene rings is 1. The minimum atomic E-state index is -0.620. The molecule has 0 radical (unpaired) electrons. The molecule has 1 aliphatic rings. The number of hydrogen-bond donors (Lipinski definition) is 3. The number of carbonyl (C=O) groups excluding carboxylic acids is 1. The van der Waals surface area contributed by atoms with Crippen LogP contribution in [0.4, 0.5) is 5.95 Å². The van der Waals surface area contributed by atoms with Gasteiger partial charge in [0, 0.05) is 58.9 Å². The third kappa shape index (κ3) is 2.83. The van der Waals surface area contributed by atoms with E-state index in [1.807, 2.05) is 0 Å². The summed E-state index contributed by atoms with van der Waals surface area (Å²) in [7, 11) is 0. The maximum absolute atomic E-state index is 11.4. The Kier molecular flexibility index (Phi) is 4.07. The predicted octanol–water partition coefficient (Wildman–Crippen LogP) is 3.37. The monoisotopic (exact) mass is 391 g/mol. The topological polar surface area (TPSA) is 94.1 Å². The molecule has 3 N–H and O–H groups in total. The molecule has 0 atom stereocenters. The molecule has 4 heterocycles. The molecule has 0 unspecified atom stereocenters. The van der Waals surface area contributed by atoms with Gasteiger partial charge in [0.05, 0.1) is 5.56 Å². The molecule has 1 aromatic carbocycles. The van der Waals surface area contributed by atoms with Gasteiger partial charge in [0.15, 0.2) is 0 Å². The van der Waals surface area contributed by atoms with Crippen molar-refractivity contribution in [3.05, 3.63) is 64.9 Å². The lowest BCUT2D eigenvalue weighted by Gasteiger charge is -2.27. The van der Waals surface area contributed by atoms with Crippen molar-refractivity contribution < 1.29 is 10.0 Å². The number of carbonyl (C=O) groups is 1. The average Bonchev–Trinajstić information content (AvgIpc) is 3.40. The minimum Gasteiger partial charge on any atom is -0.358 e. The van der Waals surface area contributed by atoms with E-state index in [0.29, 0.717) is 12.5 Å². The molecule has 5 rings (SSSR count). The van der Waals surface area contributed by atoms with Gasteiger partial charge in [0.1, 0.15) is 0 Å². The number of fused-ring (bicyclic) bond motifs is 3. The number of aromatic amines is 1. The van der Waals surface area contributed by atoms with Crippen LogP contribution < -0.4 is 10.4 Å². The summed E-state index contributed by atoms with van der Waals surface area (Å²) in [5, 5.41) is 12.0. The summed E-state index contributed by atoms with van der Waals surface area (Å²) in [6.45, 7) is 1.50. The Balaban J connectivity index is 1.48. The Morgan fingerprint density at radius 3 is 2.86 bits per heavy atom. The van der Waals surface area contributed by atoms with Gasteiger partial charge >= 0.3 is 0 Å². The number of rotatable bonds is 3. The molecule has 4 aromatic rings. The molecule has 7 nitrogen and oxygen atoms in total. The number of H-pyrrole nitrogens is 1. The number of anilines is 1. The fourth-order valence-corrected chi connectivity index (χ4v) is 4.37. The standard InChI is InChI=1S/C20H17N5O2S/c26-19(24-27)13-9-21-20(22-10-13)25-6-5-17-15(11-25)14-8-12(3-4-16(14)23-17)18-2-1-7-28-18/h1-4,7-10,23,27H,5-6,11H2,(H,24,26). The number of nitrogens with zero attached hydrogens (tertiary/aromatic N) is 3. The fraction of sp³-hybridized carbons (Fsp3) is 0.150. The van der Waals surface area contributed by atoms with Crippen LogP contribution in [0, 0.1) is 0 Å². The maximum Gasteiger partial charge on any atom is 0.277 e. The second-order valence-corrected chi connectivity index (χ2v) is 7.65. The van der Waals surface area contributed by atoms with Crippen molar-refractivity contribution in [3.8, 4) is 10.4 Å². The Labute approximate surface area is 164 Å². The molecule has 0 fully saturated rings. The Hall–Kier alpha value is -3.23. The smallest absolute Gasteiger partial charge is 0.277 e.